The van der Waals surface area contributed by atoms with Gasteiger partial charge in [0.25, 0.3) is 0 Å². The van der Waals surface area contributed by atoms with Gasteiger partial charge in [0, 0.05) is 43.8 Å². The van der Waals surface area contributed by atoms with E-state index in [2.05, 4.69) is 36.7 Å². The van der Waals surface area contributed by atoms with E-state index in [1.165, 1.54) is 24.8 Å². The summed E-state index contributed by atoms with van der Waals surface area (Å²) >= 11 is 6.16. The van der Waals surface area contributed by atoms with Crippen molar-refractivity contribution in [3.8, 4) is 0 Å². The van der Waals surface area contributed by atoms with Gasteiger partial charge in [0.2, 0.25) is 0 Å². The van der Waals surface area contributed by atoms with Crippen LogP contribution in [-0.4, -0.2) is 35.6 Å². The summed E-state index contributed by atoms with van der Waals surface area (Å²) < 4.78 is 6.23. The molecule has 1 saturated carbocycles. The Labute approximate surface area is 139 Å². The second-order valence-corrected chi connectivity index (χ2v) is 8.15. The lowest BCUT2D eigenvalue weighted by Gasteiger charge is -2.57. The Bertz CT molecular complexity index is 526. The second-order valence-electron chi connectivity index (χ2n) is 7.77. The highest BCUT2D eigenvalue weighted by molar-refractivity contribution is 6.29. The van der Waals surface area contributed by atoms with E-state index in [0.29, 0.717) is 17.0 Å². The Hall–Kier alpha value is -0.640. The zero-order valence-corrected chi connectivity index (χ0v) is 14.9. The van der Waals surface area contributed by atoms with Crippen LogP contribution >= 0.6 is 11.6 Å². The predicted molar refractivity (Wildman–Crippen MR) is 90.1 cm³/mol. The SMILES string of the molecule is COC1(c2ccnc(Cl)c2)C2CCCC1CN(C(C)(C)C)C2. The van der Waals surface area contributed by atoms with Gasteiger partial charge in [-0.05, 0) is 51.3 Å². The van der Waals surface area contributed by atoms with Crippen LogP contribution in [0.15, 0.2) is 18.3 Å². The number of likely N-dealkylation sites (tertiary alicyclic amines) is 1. The first kappa shape index (κ1) is 16.2. The number of hydrogen-bond acceptors (Lipinski definition) is 3. The lowest BCUT2D eigenvalue weighted by molar-refractivity contribution is -0.179. The van der Waals surface area contributed by atoms with Crippen molar-refractivity contribution < 1.29 is 4.74 Å². The standard InChI is InChI=1S/C18H27ClN2O/c1-17(2,3)21-11-14-6-5-7-15(12-21)18(14,22-4)13-8-9-20-16(19)10-13/h8-10,14-15H,5-7,11-12H2,1-4H3. The molecule has 1 aromatic rings. The molecule has 2 heterocycles. The van der Waals surface area contributed by atoms with Crippen molar-refractivity contribution in [1.82, 2.24) is 9.88 Å². The van der Waals surface area contributed by atoms with Crippen LogP contribution in [0.3, 0.4) is 0 Å². The fourth-order valence-corrected chi connectivity index (χ4v) is 4.72. The second kappa shape index (κ2) is 5.77. The van der Waals surface area contributed by atoms with E-state index in [1.54, 1.807) is 0 Å². The lowest BCUT2D eigenvalue weighted by Crippen LogP contribution is -2.62. The number of ether oxygens (including phenoxy) is 1. The normalized spacial score (nSPS) is 33.0. The molecule has 0 amide bonds. The minimum Gasteiger partial charge on any atom is -0.373 e. The highest BCUT2D eigenvalue weighted by Gasteiger charge is 2.54. The third-order valence-electron chi connectivity index (χ3n) is 5.66. The summed E-state index contributed by atoms with van der Waals surface area (Å²) in [7, 11) is 1.87. The van der Waals surface area contributed by atoms with Gasteiger partial charge in [0.05, 0.1) is 0 Å². The molecule has 3 nitrogen and oxygen atoms in total. The molecule has 3 rings (SSSR count). The Balaban J connectivity index is 2.01. The summed E-state index contributed by atoms with van der Waals surface area (Å²) in [6, 6.07) is 4.09. The zero-order valence-electron chi connectivity index (χ0n) is 14.1. The largest absolute Gasteiger partial charge is 0.373 e. The maximum atomic E-state index is 6.23. The molecule has 1 aliphatic heterocycles. The van der Waals surface area contributed by atoms with Crippen LogP contribution in [0.5, 0.6) is 0 Å². The number of pyridine rings is 1. The minimum atomic E-state index is -0.202. The van der Waals surface area contributed by atoms with Crippen molar-refractivity contribution in [3.05, 3.63) is 29.0 Å². The number of fused-ring (bicyclic) bond motifs is 2. The highest BCUT2D eigenvalue weighted by atomic mass is 35.5. The Morgan fingerprint density at radius 1 is 1.27 bits per heavy atom. The molecule has 1 aromatic heterocycles. The van der Waals surface area contributed by atoms with Crippen molar-refractivity contribution in [2.75, 3.05) is 20.2 Å². The first-order chi connectivity index (χ1) is 10.4. The summed E-state index contributed by atoms with van der Waals surface area (Å²) in [5.41, 5.74) is 1.22. The lowest BCUT2D eigenvalue weighted by atomic mass is 9.62. The number of aromatic nitrogens is 1. The van der Waals surface area contributed by atoms with E-state index in [-0.39, 0.29) is 11.1 Å². The molecule has 0 spiro atoms. The summed E-state index contributed by atoms with van der Waals surface area (Å²) in [6.07, 6.45) is 5.55. The molecule has 22 heavy (non-hydrogen) atoms. The Kier molecular flexibility index (Phi) is 4.26. The molecule has 122 valence electrons. The van der Waals surface area contributed by atoms with Gasteiger partial charge in [0.15, 0.2) is 0 Å². The summed E-state index contributed by atoms with van der Waals surface area (Å²) in [5, 5.41) is 0.560. The smallest absolute Gasteiger partial charge is 0.129 e. The van der Waals surface area contributed by atoms with Gasteiger partial charge in [-0.25, -0.2) is 4.98 Å². The quantitative estimate of drug-likeness (QED) is 0.766. The fraction of sp³-hybridized carbons (Fsp3) is 0.722. The average Bonchev–Trinajstić information content (AvgIpc) is 2.44. The first-order valence-electron chi connectivity index (χ1n) is 8.30. The molecular formula is C18H27ClN2O. The number of rotatable bonds is 2. The van der Waals surface area contributed by atoms with Gasteiger partial charge >= 0.3 is 0 Å². The highest BCUT2D eigenvalue weighted by Crippen LogP contribution is 2.52. The number of hydrogen-bond donors (Lipinski definition) is 0. The molecule has 2 unspecified atom stereocenters. The minimum absolute atomic E-state index is 0.202. The molecule has 4 heteroatoms. The number of nitrogens with zero attached hydrogens (tertiary/aromatic N) is 2. The Morgan fingerprint density at radius 3 is 2.41 bits per heavy atom. The molecule has 2 atom stereocenters. The van der Waals surface area contributed by atoms with Crippen molar-refractivity contribution >= 4 is 11.6 Å². The summed E-state index contributed by atoms with van der Waals surface area (Å²) in [5.74, 6) is 1.03. The van der Waals surface area contributed by atoms with Crippen LogP contribution in [0.4, 0.5) is 0 Å². The summed E-state index contributed by atoms with van der Waals surface area (Å²) in [4.78, 5) is 6.77. The molecule has 0 radical (unpaired) electrons. The van der Waals surface area contributed by atoms with E-state index in [1.807, 2.05) is 19.4 Å². The van der Waals surface area contributed by atoms with Crippen molar-refractivity contribution in [1.29, 1.82) is 0 Å². The first-order valence-corrected chi connectivity index (χ1v) is 8.68. The predicted octanol–water partition coefficient (Wildman–Crippen LogP) is 4.11. The third kappa shape index (κ3) is 2.57. The topological polar surface area (TPSA) is 25.4 Å². The molecule has 0 aromatic carbocycles. The molecular weight excluding hydrogens is 296 g/mol. The number of methoxy groups -OCH3 is 1. The van der Waals surface area contributed by atoms with Crippen LogP contribution in [0.1, 0.15) is 45.6 Å². The molecule has 2 aliphatic rings. The molecule has 1 saturated heterocycles. The maximum Gasteiger partial charge on any atom is 0.129 e. The van der Waals surface area contributed by atoms with Gasteiger partial charge in [-0.1, -0.05) is 18.0 Å². The van der Waals surface area contributed by atoms with Gasteiger partial charge < -0.3 is 4.74 Å². The van der Waals surface area contributed by atoms with Crippen molar-refractivity contribution in [2.24, 2.45) is 11.8 Å². The average molecular weight is 323 g/mol. The van der Waals surface area contributed by atoms with Crippen molar-refractivity contribution in [2.45, 2.75) is 51.2 Å². The molecule has 2 bridgehead atoms. The number of halogens is 1. The van der Waals surface area contributed by atoms with Crippen LogP contribution in [0.25, 0.3) is 0 Å². The van der Waals surface area contributed by atoms with E-state index < -0.39 is 0 Å². The van der Waals surface area contributed by atoms with Gasteiger partial charge in [-0.15, -0.1) is 0 Å². The monoisotopic (exact) mass is 322 g/mol. The van der Waals surface area contributed by atoms with Crippen molar-refractivity contribution in [3.63, 3.8) is 0 Å². The number of piperidine rings is 1. The van der Waals surface area contributed by atoms with Crippen LogP contribution in [-0.2, 0) is 10.3 Å². The van der Waals surface area contributed by atoms with Crippen LogP contribution < -0.4 is 0 Å². The van der Waals surface area contributed by atoms with Crippen LogP contribution in [0, 0.1) is 11.8 Å². The van der Waals surface area contributed by atoms with E-state index in [0.717, 1.165) is 13.1 Å². The van der Waals surface area contributed by atoms with E-state index in [9.17, 15) is 0 Å². The maximum absolute atomic E-state index is 6.23. The van der Waals surface area contributed by atoms with Crippen LogP contribution in [0.2, 0.25) is 5.15 Å². The van der Waals surface area contributed by atoms with Gasteiger partial charge in [-0.3, -0.25) is 4.90 Å². The third-order valence-corrected chi connectivity index (χ3v) is 5.87. The molecule has 2 fully saturated rings. The fourth-order valence-electron chi connectivity index (χ4n) is 4.55. The van der Waals surface area contributed by atoms with Gasteiger partial charge in [0.1, 0.15) is 10.8 Å². The molecule has 0 N–H and O–H groups in total. The summed E-state index contributed by atoms with van der Waals surface area (Å²) in [6.45, 7) is 9.12. The van der Waals surface area contributed by atoms with Gasteiger partial charge in [-0.2, -0.15) is 0 Å². The van der Waals surface area contributed by atoms with E-state index >= 15 is 0 Å². The zero-order chi connectivity index (χ0) is 16.0. The van der Waals surface area contributed by atoms with E-state index in [4.69, 9.17) is 16.3 Å². The molecule has 1 aliphatic carbocycles. The Morgan fingerprint density at radius 2 is 1.91 bits per heavy atom.